The highest BCUT2D eigenvalue weighted by Gasteiger charge is 2.12. The van der Waals surface area contributed by atoms with Crippen molar-refractivity contribution in [3.8, 4) is 22.6 Å². The molecule has 0 unspecified atom stereocenters. The highest BCUT2D eigenvalue weighted by molar-refractivity contribution is 7.81. The van der Waals surface area contributed by atoms with Crippen LogP contribution in [-0.2, 0) is 0 Å². The molecule has 3 rings (SSSR count). The Labute approximate surface area is 127 Å². The molecule has 0 aliphatic rings. The molecule has 0 bridgehead atoms. The average molecular weight is 297 g/mol. The first-order valence-electron chi connectivity index (χ1n) is 6.05. The molecular weight excluding hydrogens is 286 g/mol. The maximum atomic E-state index is 5.26. The second kappa shape index (κ2) is 5.56. The quantitative estimate of drug-likeness (QED) is 0.551. The van der Waals surface area contributed by atoms with E-state index in [-0.39, 0.29) is 0 Å². The van der Waals surface area contributed by atoms with Gasteiger partial charge >= 0.3 is 0 Å². The minimum Gasteiger partial charge on any atom is -0.359 e. The molecule has 0 amide bonds. The summed E-state index contributed by atoms with van der Waals surface area (Å²) in [7, 11) is 0. The highest BCUT2D eigenvalue weighted by atomic mass is 32.1. The van der Waals surface area contributed by atoms with E-state index in [0.717, 1.165) is 27.5 Å². The minimum absolute atomic E-state index is 0.694. The number of thiol groups is 1. The number of pyridine rings is 3. The first-order chi connectivity index (χ1) is 9.77. The number of nitrogens with zero attached hydrogens (tertiary/aromatic N) is 2. The average Bonchev–Trinajstić information content (AvgIpc) is 2.51. The first kappa shape index (κ1) is 13.0. The molecular formula is C15H11N3S2. The van der Waals surface area contributed by atoms with Gasteiger partial charge in [-0.25, -0.2) is 0 Å². The number of hydrogen-bond acceptors (Lipinski definition) is 4. The topological polar surface area (TPSA) is 41.6 Å². The molecule has 0 spiro atoms. The fourth-order valence-corrected chi connectivity index (χ4v) is 2.40. The number of H-pyrrole nitrogens is 1. The Balaban J connectivity index is 2.26. The smallest absolute Gasteiger partial charge is 0.0970 e. The second-order valence-corrected chi connectivity index (χ2v) is 5.07. The van der Waals surface area contributed by atoms with Gasteiger partial charge in [-0.15, -0.1) is 12.6 Å². The summed E-state index contributed by atoms with van der Waals surface area (Å²) >= 11 is 9.75. The van der Waals surface area contributed by atoms with Crippen LogP contribution in [0.5, 0.6) is 0 Å². The van der Waals surface area contributed by atoms with Gasteiger partial charge < -0.3 is 4.98 Å². The maximum Gasteiger partial charge on any atom is 0.0970 e. The Morgan fingerprint density at radius 1 is 1.00 bits per heavy atom. The number of hydrogen-bond donors (Lipinski definition) is 2. The predicted octanol–water partition coefficient (Wildman–Crippen LogP) is 4.16. The van der Waals surface area contributed by atoms with E-state index in [0.29, 0.717) is 4.51 Å². The zero-order valence-corrected chi connectivity index (χ0v) is 12.2. The third-order valence-corrected chi connectivity index (χ3v) is 3.87. The van der Waals surface area contributed by atoms with Crippen molar-refractivity contribution in [2.75, 3.05) is 0 Å². The summed E-state index contributed by atoms with van der Waals surface area (Å²) in [6.07, 6.45) is 5.31. The number of nitrogens with one attached hydrogen (secondary N) is 1. The van der Waals surface area contributed by atoms with Gasteiger partial charge in [0.05, 0.1) is 21.6 Å². The molecule has 3 nitrogen and oxygen atoms in total. The highest BCUT2D eigenvalue weighted by Crippen LogP contribution is 2.31. The fraction of sp³-hybridized carbons (Fsp3) is 0. The van der Waals surface area contributed by atoms with Gasteiger partial charge in [-0.3, -0.25) is 9.97 Å². The van der Waals surface area contributed by atoms with E-state index < -0.39 is 0 Å². The van der Waals surface area contributed by atoms with Crippen LogP contribution >= 0.6 is 24.8 Å². The van der Waals surface area contributed by atoms with E-state index in [9.17, 15) is 0 Å². The Morgan fingerprint density at radius 3 is 2.65 bits per heavy atom. The van der Waals surface area contributed by atoms with Crippen LogP contribution in [0.3, 0.4) is 0 Å². The zero-order valence-electron chi connectivity index (χ0n) is 10.4. The van der Waals surface area contributed by atoms with Crippen LogP contribution in [0, 0.1) is 4.51 Å². The molecule has 98 valence electrons. The van der Waals surface area contributed by atoms with Crippen LogP contribution in [0.2, 0.25) is 0 Å². The molecule has 0 saturated heterocycles. The maximum absolute atomic E-state index is 5.26. The van der Waals surface area contributed by atoms with Crippen LogP contribution in [0.4, 0.5) is 0 Å². The molecule has 3 heterocycles. The lowest BCUT2D eigenvalue weighted by Crippen LogP contribution is -1.94. The van der Waals surface area contributed by atoms with Crippen molar-refractivity contribution in [2.24, 2.45) is 0 Å². The summed E-state index contributed by atoms with van der Waals surface area (Å²) in [5.41, 5.74) is 3.41. The van der Waals surface area contributed by atoms with Gasteiger partial charge in [0.1, 0.15) is 0 Å². The van der Waals surface area contributed by atoms with E-state index in [2.05, 4.69) is 27.6 Å². The number of rotatable bonds is 2. The Hall–Kier alpha value is -1.98. The van der Waals surface area contributed by atoms with E-state index in [1.807, 2.05) is 36.4 Å². The van der Waals surface area contributed by atoms with Crippen molar-refractivity contribution in [1.82, 2.24) is 15.0 Å². The number of aromatic amines is 1. The molecule has 0 radical (unpaired) electrons. The van der Waals surface area contributed by atoms with Gasteiger partial charge in [0, 0.05) is 29.0 Å². The predicted molar refractivity (Wildman–Crippen MR) is 85.3 cm³/mol. The molecule has 5 heteroatoms. The van der Waals surface area contributed by atoms with Crippen LogP contribution in [0.1, 0.15) is 0 Å². The summed E-state index contributed by atoms with van der Waals surface area (Å²) in [6.45, 7) is 0. The summed E-state index contributed by atoms with van der Waals surface area (Å²) in [4.78, 5) is 12.7. The standard InChI is InChI=1S/C15H11N3S2/c19-12-6-9-18-14(15(12)20)13-10(4-3-8-17-13)11-5-1-2-7-16-11/h1-9,20H,(H,18,19). The molecule has 3 aromatic rings. The van der Waals surface area contributed by atoms with E-state index in [1.54, 1.807) is 18.6 Å². The Kier molecular flexibility index (Phi) is 3.62. The molecule has 0 aliphatic carbocycles. The second-order valence-electron chi connectivity index (χ2n) is 4.18. The Bertz CT molecular complexity index is 797. The normalized spacial score (nSPS) is 10.4. The van der Waals surface area contributed by atoms with Crippen molar-refractivity contribution < 1.29 is 0 Å². The molecule has 3 aromatic heterocycles. The van der Waals surface area contributed by atoms with Crippen LogP contribution < -0.4 is 0 Å². The van der Waals surface area contributed by atoms with Crippen molar-refractivity contribution in [2.45, 2.75) is 4.90 Å². The van der Waals surface area contributed by atoms with Gasteiger partial charge in [-0.05, 0) is 30.3 Å². The number of aromatic nitrogens is 3. The summed E-state index contributed by atoms with van der Waals surface area (Å²) in [6, 6.07) is 11.5. The fourth-order valence-electron chi connectivity index (χ4n) is 1.98. The first-order valence-corrected chi connectivity index (χ1v) is 6.90. The molecule has 0 aromatic carbocycles. The molecule has 20 heavy (non-hydrogen) atoms. The largest absolute Gasteiger partial charge is 0.359 e. The van der Waals surface area contributed by atoms with Gasteiger partial charge in [-0.1, -0.05) is 18.3 Å². The van der Waals surface area contributed by atoms with Gasteiger partial charge in [-0.2, -0.15) is 0 Å². The summed E-state index contributed by atoms with van der Waals surface area (Å²) in [5.74, 6) is 0. The van der Waals surface area contributed by atoms with Crippen molar-refractivity contribution in [3.05, 3.63) is 59.5 Å². The van der Waals surface area contributed by atoms with Gasteiger partial charge in [0.15, 0.2) is 0 Å². The molecule has 0 fully saturated rings. The third kappa shape index (κ3) is 2.37. The lowest BCUT2D eigenvalue weighted by molar-refractivity contribution is 1.18. The lowest BCUT2D eigenvalue weighted by atomic mass is 10.1. The van der Waals surface area contributed by atoms with Crippen LogP contribution in [0.15, 0.2) is 59.9 Å². The molecule has 0 saturated carbocycles. The summed E-state index contributed by atoms with van der Waals surface area (Å²) < 4.78 is 0.694. The minimum atomic E-state index is 0.694. The zero-order chi connectivity index (χ0) is 13.9. The SMILES string of the molecule is S=c1cc[nH]c(-c2ncccc2-c2ccccn2)c1S. The van der Waals surface area contributed by atoms with E-state index in [1.165, 1.54) is 0 Å². The van der Waals surface area contributed by atoms with Crippen LogP contribution in [0.25, 0.3) is 22.6 Å². The molecule has 1 N–H and O–H groups in total. The van der Waals surface area contributed by atoms with Crippen molar-refractivity contribution in [3.63, 3.8) is 0 Å². The van der Waals surface area contributed by atoms with Crippen molar-refractivity contribution >= 4 is 24.8 Å². The van der Waals surface area contributed by atoms with Gasteiger partial charge in [0.2, 0.25) is 0 Å². The van der Waals surface area contributed by atoms with E-state index in [4.69, 9.17) is 12.2 Å². The van der Waals surface area contributed by atoms with Gasteiger partial charge in [0.25, 0.3) is 0 Å². The summed E-state index contributed by atoms with van der Waals surface area (Å²) in [5, 5.41) is 0. The van der Waals surface area contributed by atoms with Crippen LogP contribution in [-0.4, -0.2) is 15.0 Å². The van der Waals surface area contributed by atoms with E-state index >= 15 is 0 Å². The monoisotopic (exact) mass is 297 g/mol. The van der Waals surface area contributed by atoms with Crippen molar-refractivity contribution in [1.29, 1.82) is 0 Å². The third-order valence-electron chi connectivity index (χ3n) is 2.92. The molecule has 0 aliphatic heterocycles. The Morgan fingerprint density at radius 2 is 1.85 bits per heavy atom. The lowest BCUT2D eigenvalue weighted by Gasteiger charge is -2.10. The molecule has 0 atom stereocenters.